The third-order valence-electron chi connectivity index (χ3n) is 7.71. The molecule has 3 heteroatoms. The minimum Gasteiger partial charge on any atom is -0.413 e. The molecular weight excluding hydrogens is 372 g/mol. The smallest absolute Gasteiger partial charge is 0.192 e. The number of unbranched alkanes of at least 4 members (excludes halogenated alkanes) is 3. The van der Waals surface area contributed by atoms with Gasteiger partial charge in [0, 0.05) is 17.4 Å². The fourth-order valence-corrected chi connectivity index (χ4v) is 6.11. The highest BCUT2D eigenvalue weighted by molar-refractivity contribution is 6.74. The zero-order chi connectivity index (χ0) is 21.9. The van der Waals surface area contributed by atoms with Crippen molar-refractivity contribution in [2.75, 3.05) is 0 Å². The van der Waals surface area contributed by atoms with Crippen molar-refractivity contribution in [3.8, 4) is 11.8 Å². The van der Waals surface area contributed by atoms with Crippen LogP contribution in [0.5, 0.6) is 0 Å². The van der Waals surface area contributed by atoms with Gasteiger partial charge in [-0.3, -0.25) is 0 Å². The highest BCUT2D eigenvalue weighted by atomic mass is 28.4. The van der Waals surface area contributed by atoms with Crippen LogP contribution in [0.3, 0.4) is 0 Å². The van der Waals surface area contributed by atoms with Gasteiger partial charge in [0.2, 0.25) is 0 Å². The predicted octanol–water partition coefficient (Wildman–Crippen LogP) is 7.24. The summed E-state index contributed by atoms with van der Waals surface area (Å²) in [6.07, 6.45) is 12.9. The number of fused-ring (bicyclic) bond motifs is 1. The largest absolute Gasteiger partial charge is 0.413 e. The minimum atomic E-state index is -1.75. The quantitative estimate of drug-likeness (QED) is 0.268. The fourth-order valence-electron chi connectivity index (χ4n) is 4.74. The van der Waals surface area contributed by atoms with Crippen LogP contribution in [0.15, 0.2) is 11.6 Å². The molecule has 1 fully saturated rings. The molecular formula is C26H46O2Si. The molecule has 2 nitrogen and oxygen atoms in total. The zero-order valence-corrected chi connectivity index (χ0v) is 21.5. The fraction of sp³-hybridized carbons (Fsp3) is 0.846. The molecule has 0 saturated heterocycles. The first-order valence-electron chi connectivity index (χ1n) is 11.9. The van der Waals surface area contributed by atoms with Crippen LogP contribution in [0.4, 0.5) is 0 Å². The molecule has 2 rings (SSSR count). The Morgan fingerprint density at radius 2 is 1.86 bits per heavy atom. The number of aliphatic hydroxyl groups is 1. The third kappa shape index (κ3) is 6.46. The van der Waals surface area contributed by atoms with E-state index in [9.17, 15) is 5.11 Å². The summed E-state index contributed by atoms with van der Waals surface area (Å²) in [5.74, 6) is 7.66. The van der Waals surface area contributed by atoms with Crippen LogP contribution in [-0.4, -0.2) is 25.1 Å². The lowest BCUT2D eigenvalue weighted by Gasteiger charge is -2.46. The number of hydrogen-bond donors (Lipinski definition) is 1. The van der Waals surface area contributed by atoms with E-state index in [1.54, 1.807) is 0 Å². The Labute approximate surface area is 182 Å². The maximum absolute atomic E-state index is 9.80. The van der Waals surface area contributed by atoms with E-state index in [1.165, 1.54) is 24.8 Å². The van der Waals surface area contributed by atoms with Crippen molar-refractivity contribution < 1.29 is 9.53 Å². The van der Waals surface area contributed by atoms with Gasteiger partial charge in [-0.15, -0.1) is 0 Å². The van der Waals surface area contributed by atoms with Crippen LogP contribution < -0.4 is 0 Å². The maximum atomic E-state index is 9.80. The summed E-state index contributed by atoms with van der Waals surface area (Å²) in [5.41, 5.74) is 1.05. The van der Waals surface area contributed by atoms with Gasteiger partial charge in [0.05, 0.1) is 11.7 Å². The summed E-state index contributed by atoms with van der Waals surface area (Å²) in [6.45, 7) is 18.0. The molecule has 0 spiro atoms. The molecule has 0 aromatic rings. The topological polar surface area (TPSA) is 29.5 Å². The molecule has 2 aliphatic rings. The highest BCUT2D eigenvalue weighted by Gasteiger charge is 2.50. The molecule has 166 valence electrons. The second-order valence-electron chi connectivity index (χ2n) is 11.9. The van der Waals surface area contributed by atoms with Crippen molar-refractivity contribution in [2.45, 2.75) is 129 Å². The molecule has 3 atom stereocenters. The molecule has 0 amide bonds. The van der Waals surface area contributed by atoms with Crippen molar-refractivity contribution in [1.29, 1.82) is 0 Å². The van der Waals surface area contributed by atoms with E-state index in [4.69, 9.17) is 4.43 Å². The molecule has 1 saturated carbocycles. The summed E-state index contributed by atoms with van der Waals surface area (Å²) in [7, 11) is -1.75. The number of hydrogen-bond acceptors (Lipinski definition) is 2. The first-order valence-corrected chi connectivity index (χ1v) is 14.8. The first kappa shape index (κ1) is 24.7. The standard InChI is InChI=1S/C26H46O2Si/c1-24(2,3)29(7,8)28-23-18-17-21(26(6)20-14-16-22(23)26)15-12-10-9-11-13-19-25(4,5)27/h17,22-23,27H,9-11,13-14,16,18-20H2,1-8H3/t22-,23-,26-/m0/s1. The minimum absolute atomic E-state index is 0.208. The Morgan fingerprint density at radius 1 is 1.17 bits per heavy atom. The van der Waals surface area contributed by atoms with Gasteiger partial charge >= 0.3 is 0 Å². The zero-order valence-electron chi connectivity index (χ0n) is 20.5. The number of allylic oxidation sites excluding steroid dienone is 1. The Kier molecular flexibility index (Phi) is 7.91. The van der Waals surface area contributed by atoms with Crippen molar-refractivity contribution in [3.05, 3.63) is 11.6 Å². The average Bonchev–Trinajstić information content (AvgIpc) is 2.96. The summed E-state index contributed by atoms with van der Waals surface area (Å²) in [4.78, 5) is 0. The molecule has 0 radical (unpaired) electrons. The van der Waals surface area contributed by atoms with E-state index in [0.29, 0.717) is 12.0 Å². The van der Waals surface area contributed by atoms with Crippen LogP contribution in [0, 0.1) is 23.2 Å². The van der Waals surface area contributed by atoms with Gasteiger partial charge < -0.3 is 9.53 Å². The molecule has 0 bridgehead atoms. The first-order chi connectivity index (χ1) is 13.3. The molecule has 2 aliphatic carbocycles. The van der Waals surface area contributed by atoms with Crippen molar-refractivity contribution in [2.24, 2.45) is 11.3 Å². The van der Waals surface area contributed by atoms with E-state index >= 15 is 0 Å². The second-order valence-corrected chi connectivity index (χ2v) is 16.6. The summed E-state index contributed by atoms with van der Waals surface area (Å²) >= 11 is 0. The lowest BCUT2D eigenvalue weighted by Crippen LogP contribution is -2.48. The van der Waals surface area contributed by atoms with E-state index in [1.807, 2.05) is 13.8 Å². The van der Waals surface area contributed by atoms with Crippen LogP contribution >= 0.6 is 0 Å². The van der Waals surface area contributed by atoms with Gasteiger partial charge in [-0.05, 0) is 70.0 Å². The predicted molar refractivity (Wildman–Crippen MR) is 127 cm³/mol. The Balaban J connectivity index is 1.97. The van der Waals surface area contributed by atoms with Gasteiger partial charge in [0.25, 0.3) is 0 Å². The van der Waals surface area contributed by atoms with E-state index in [2.05, 4.69) is 58.7 Å². The van der Waals surface area contributed by atoms with Gasteiger partial charge in [-0.1, -0.05) is 64.9 Å². The second kappa shape index (κ2) is 9.29. The molecule has 0 aromatic carbocycles. The van der Waals surface area contributed by atoms with Crippen molar-refractivity contribution >= 4 is 8.32 Å². The molecule has 0 aliphatic heterocycles. The van der Waals surface area contributed by atoms with Crippen LogP contribution in [0.25, 0.3) is 0 Å². The Morgan fingerprint density at radius 3 is 2.48 bits per heavy atom. The Bertz CT molecular complexity index is 638. The average molecular weight is 419 g/mol. The number of rotatable bonds is 7. The van der Waals surface area contributed by atoms with E-state index in [0.717, 1.165) is 38.5 Å². The Hall–Kier alpha value is -0.563. The van der Waals surface area contributed by atoms with Crippen LogP contribution in [-0.2, 0) is 4.43 Å². The molecule has 29 heavy (non-hydrogen) atoms. The summed E-state index contributed by atoms with van der Waals surface area (Å²) in [6, 6.07) is 0. The normalized spacial score (nSPS) is 27.8. The third-order valence-corrected chi connectivity index (χ3v) is 12.2. The van der Waals surface area contributed by atoms with Crippen molar-refractivity contribution in [3.63, 3.8) is 0 Å². The van der Waals surface area contributed by atoms with Crippen molar-refractivity contribution in [1.82, 2.24) is 0 Å². The van der Waals surface area contributed by atoms with E-state index < -0.39 is 13.9 Å². The van der Waals surface area contributed by atoms with Gasteiger partial charge in [0.15, 0.2) is 8.32 Å². The summed E-state index contributed by atoms with van der Waals surface area (Å²) < 4.78 is 6.89. The monoisotopic (exact) mass is 418 g/mol. The van der Waals surface area contributed by atoms with Gasteiger partial charge in [0.1, 0.15) is 0 Å². The van der Waals surface area contributed by atoms with Gasteiger partial charge in [-0.2, -0.15) is 0 Å². The van der Waals surface area contributed by atoms with Crippen LogP contribution in [0.1, 0.15) is 99.3 Å². The molecule has 0 aromatic heterocycles. The molecule has 0 heterocycles. The lowest BCUT2D eigenvalue weighted by molar-refractivity contribution is 0.0641. The lowest BCUT2D eigenvalue weighted by atomic mass is 9.67. The molecule has 1 N–H and O–H groups in total. The van der Waals surface area contributed by atoms with Crippen LogP contribution in [0.2, 0.25) is 18.1 Å². The maximum Gasteiger partial charge on any atom is 0.192 e. The SMILES string of the molecule is CC(C)(O)CCCCCC#CC1=CC[C@H](O[Si](C)(C)C(C)(C)C)[C@@H]2CCC[C@@]12C. The molecule has 0 unspecified atom stereocenters. The highest BCUT2D eigenvalue weighted by Crippen LogP contribution is 2.54. The van der Waals surface area contributed by atoms with E-state index in [-0.39, 0.29) is 10.5 Å². The summed E-state index contributed by atoms with van der Waals surface area (Å²) in [5, 5.41) is 10.1. The van der Waals surface area contributed by atoms with Gasteiger partial charge in [-0.25, -0.2) is 0 Å².